The Kier molecular flexibility index (Phi) is 10.0. The first kappa shape index (κ1) is 19.5. The summed E-state index contributed by atoms with van der Waals surface area (Å²) in [5, 5.41) is 6.36. The van der Waals surface area contributed by atoms with Crippen molar-refractivity contribution in [3.8, 4) is 0 Å². The maximum absolute atomic E-state index is 11.9. The first-order valence-electron chi connectivity index (χ1n) is 6.27. The van der Waals surface area contributed by atoms with E-state index in [1.807, 2.05) is 36.9 Å². The summed E-state index contributed by atoms with van der Waals surface area (Å²) in [5.74, 6) is 2.25. The van der Waals surface area contributed by atoms with Crippen LogP contribution in [0.1, 0.15) is 25.1 Å². The number of nitrogens with zero attached hydrogens (tertiary/aromatic N) is 1. The van der Waals surface area contributed by atoms with Gasteiger partial charge < -0.3 is 10.6 Å². The number of hydrogen-bond donors (Lipinski definition) is 2. The minimum atomic E-state index is -0.0325. The summed E-state index contributed by atoms with van der Waals surface area (Å²) in [6.45, 7) is 2.96. The van der Waals surface area contributed by atoms with Crippen LogP contribution in [0.15, 0.2) is 24.4 Å². The van der Waals surface area contributed by atoms with Gasteiger partial charge in [-0.1, -0.05) is 6.07 Å². The first-order chi connectivity index (χ1) is 8.75. The molecule has 0 aromatic carbocycles. The molecule has 0 saturated carbocycles. The summed E-state index contributed by atoms with van der Waals surface area (Å²) in [6.07, 6.45) is 2.29. The molecule has 1 aromatic heterocycles. The molecular weight excluding hydrogens is 317 g/mol. The number of carbonyl (C=O) groups excluding carboxylic acids is 1. The molecule has 4 nitrogen and oxygen atoms in total. The largest absolute Gasteiger partial charge is 0.348 e. The maximum Gasteiger partial charge on any atom is 0.222 e. The Hall–Kier alpha value is -0.490. The summed E-state index contributed by atoms with van der Waals surface area (Å²) in [7, 11) is 0. The predicted molar refractivity (Wildman–Crippen MR) is 89.0 cm³/mol. The Morgan fingerprint density at radius 1 is 1.55 bits per heavy atom. The van der Waals surface area contributed by atoms with Crippen LogP contribution < -0.4 is 10.6 Å². The van der Waals surface area contributed by atoms with E-state index in [2.05, 4.69) is 15.6 Å². The zero-order valence-corrected chi connectivity index (χ0v) is 13.8. The van der Waals surface area contributed by atoms with Crippen molar-refractivity contribution >= 4 is 42.5 Å². The Morgan fingerprint density at radius 2 is 2.35 bits per heavy atom. The Labute approximate surface area is 136 Å². The van der Waals surface area contributed by atoms with Gasteiger partial charge in [0, 0.05) is 36.7 Å². The molecule has 1 amide bonds. The van der Waals surface area contributed by atoms with Gasteiger partial charge in [0.15, 0.2) is 0 Å². The van der Waals surface area contributed by atoms with Gasteiger partial charge in [0.1, 0.15) is 0 Å². The molecule has 1 aromatic rings. The summed E-state index contributed by atoms with van der Waals surface area (Å²) >= 11 is 1.91. The van der Waals surface area contributed by atoms with Crippen molar-refractivity contribution < 1.29 is 4.79 Å². The highest BCUT2D eigenvalue weighted by atomic mass is 35.5. The molecule has 1 fully saturated rings. The van der Waals surface area contributed by atoms with E-state index in [9.17, 15) is 4.79 Å². The van der Waals surface area contributed by atoms with E-state index in [0.717, 1.165) is 23.7 Å². The van der Waals surface area contributed by atoms with E-state index in [0.29, 0.717) is 12.5 Å². The van der Waals surface area contributed by atoms with Crippen molar-refractivity contribution in [2.45, 2.75) is 25.4 Å². The molecule has 1 aliphatic heterocycles. The van der Waals surface area contributed by atoms with Crippen LogP contribution in [-0.4, -0.2) is 35.0 Å². The van der Waals surface area contributed by atoms with E-state index >= 15 is 0 Å². The SMILES string of the molecule is CC(NC(=O)CC1CSCCN1)c1ccccn1.Cl.Cl. The molecule has 1 aliphatic rings. The normalized spacial score (nSPS) is 19.1. The number of hydrogen-bond acceptors (Lipinski definition) is 4. The van der Waals surface area contributed by atoms with Crippen LogP contribution in [0, 0.1) is 0 Å². The number of carbonyl (C=O) groups is 1. The van der Waals surface area contributed by atoms with E-state index in [1.54, 1.807) is 6.20 Å². The number of rotatable bonds is 4. The molecule has 2 unspecified atom stereocenters. The van der Waals surface area contributed by atoms with Crippen LogP contribution in [0.3, 0.4) is 0 Å². The minimum Gasteiger partial charge on any atom is -0.348 e. The quantitative estimate of drug-likeness (QED) is 0.884. The zero-order chi connectivity index (χ0) is 12.8. The fourth-order valence-electron chi connectivity index (χ4n) is 1.98. The fourth-order valence-corrected chi connectivity index (χ4v) is 2.93. The van der Waals surface area contributed by atoms with Crippen LogP contribution in [0.2, 0.25) is 0 Å². The average Bonchev–Trinajstić information content (AvgIpc) is 2.40. The monoisotopic (exact) mass is 337 g/mol. The van der Waals surface area contributed by atoms with Gasteiger partial charge in [-0.15, -0.1) is 24.8 Å². The van der Waals surface area contributed by atoms with Gasteiger partial charge in [0.2, 0.25) is 5.91 Å². The first-order valence-corrected chi connectivity index (χ1v) is 7.42. The zero-order valence-electron chi connectivity index (χ0n) is 11.4. The van der Waals surface area contributed by atoms with Gasteiger partial charge in [0.25, 0.3) is 0 Å². The molecule has 0 radical (unpaired) electrons. The van der Waals surface area contributed by atoms with Crippen LogP contribution in [0.4, 0.5) is 0 Å². The molecule has 1 saturated heterocycles. The van der Waals surface area contributed by atoms with Crippen molar-refractivity contribution in [2.24, 2.45) is 0 Å². The van der Waals surface area contributed by atoms with Crippen molar-refractivity contribution in [2.75, 3.05) is 18.1 Å². The Balaban J connectivity index is 0.00000180. The van der Waals surface area contributed by atoms with Gasteiger partial charge in [-0.05, 0) is 19.1 Å². The minimum absolute atomic E-state index is 0. The number of aromatic nitrogens is 1. The second-order valence-corrected chi connectivity index (χ2v) is 5.62. The van der Waals surface area contributed by atoms with Crippen molar-refractivity contribution in [1.29, 1.82) is 0 Å². The summed E-state index contributed by atoms with van der Waals surface area (Å²) in [4.78, 5) is 16.2. The van der Waals surface area contributed by atoms with E-state index in [1.165, 1.54) is 0 Å². The molecule has 2 rings (SSSR count). The Morgan fingerprint density at radius 3 is 2.95 bits per heavy atom. The molecular formula is C13H21Cl2N3OS. The fraction of sp³-hybridized carbons (Fsp3) is 0.538. The van der Waals surface area contributed by atoms with Crippen LogP contribution in [0.5, 0.6) is 0 Å². The molecule has 114 valence electrons. The number of amides is 1. The average molecular weight is 338 g/mol. The molecule has 20 heavy (non-hydrogen) atoms. The third kappa shape index (κ3) is 6.31. The topological polar surface area (TPSA) is 54.0 Å². The highest BCUT2D eigenvalue weighted by molar-refractivity contribution is 7.99. The molecule has 0 spiro atoms. The second-order valence-electron chi connectivity index (χ2n) is 4.47. The molecule has 7 heteroatoms. The lowest BCUT2D eigenvalue weighted by molar-refractivity contribution is -0.122. The van der Waals surface area contributed by atoms with Crippen LogP contribution >= 0.6 is 36.6 Å². The van der Waals surface area contributed by atoms with Gasteiger partial charge in [-0.2, -0.15) is 11.8 Å². The summed E-state index contributed by atoms with van der Waals surface area (Å²) in [5.41, 5.74) is 0.900. The smallest absolute Gasteiger partial charge is 0.222 e. The lowest BCUT2D eigenvalue weighted by Gasteiger charge is -2.23. The molecule has 2 N–H and O–H groups in total. The van der Waals surface area contributed by atoms with Crippen LogP contribution in [-0.2, 0) is 4.79 Å². The van der Waals surface area contributed by atoms with Gasteiger partial charge >= 0.3 is 0 Å². The van der Waals surface area contributed by atoms with Crippen molar-refractivity contribution in [1.82, 2.24) is 15.6 Å². The summed E-state index contributed by atoms with van der Waals surface area (Å²) in [6, 6.07) is 6.01. The number of thioether (sulfide) groups is 1. The lowest BCUT2D eigenvalue weighted by atomic mass is 10.1. The lowest BCUT2D eigenvalue weighted by Crippen LogP contribution is -2.41. The maximum atomic E-state index is 11.9. The highest BCUT2D eigenvalue weighted by Gasteiger charge is 2.18. The molecule has 0 bridgehead atoms. The van der Waals surface area contributed by atoms with E-state index < -0.39 is 0 Å². The number of pyridine rings is 1. The van der Waals surface area contributed by atoms with Gasteiger partial charge in [-0.25, -0.2) is 0 Å². The highest BCUT2D eigenvalue weighted by Crippen LogP contribution is 2.12. The number of nitrogens with one attached hydrogen (secondary N) is 2. The molecule has 2 atom stereocenters. The predicted octanol–water partition coefficient (Wildman–Crippen LogP) is 2.20. The van der Waals surface area contributed by atoms with Crippen molar-refractivity contribution in [3.63, 3.8) is 0 Å². The van der Waals surface area contributed by atoms with E-state index in [-0.39, 0.29) is 36.8 Å². The van der Waals surface area contributed by atoms with E-state index in [4.69, 9.17) is 0 Å². The van der Waals surface area contributed by atoms with Gasteiger partial charge in [-0.3, -0.25) is 9.78 Å². The van der Waals surface area contributed by atoms with Crippen molar-refractivity contribution in [3.05, 3.63) is 30.1 Å². The Bertz CT molecular complexity index is 388. The van der Waals surface area contributed by atoms with Gasteiger partial charge in [0.05, 0.1) is 11.7 Å². The van der Waals surface area contributed by atoms with Crippen LogP contribution in [0.25, 0.3) is 0 Å². The molecule has 0 aliphatic carbocycles. The summed E-state index contributed by atoms with van der Waals surface area (Å²) < 4.78 is 0. The number of halogens is 2. The third-order valence-electron chi connectivity index (χ3n) is 2.94. The third-order valence-corrected chi connectivity index (χ3v) is 4.07. The standard InChI is InChI=1S/C13H19N3OS.2ClH/c1-10(12-4-2-3-5-15-12)16-13(17)8-11-9-18-7-6-14-11;;/h2-5,10-11,14H,6-9H2,1H3,(H,16,17);2*1H. The molecule has 2 heterocycles. The second kappa shape index (κ2) is 10.3.